The van der Waals surface area contributed by atoms with Crippen molar-refractivity contribution in [3.05, 3.63) is 34.6 Å². The maximum Gasteiger partial charge on any atom is 0.416 e. The molecule has 0 aliphatic carbocycles. The van der Waals surface area contributed by atoms with Crippen LogP contribution < -0.4 is 5.32 Å². The minimum Gasteiger partial charge on any atom is -0.338 e. The summed E-state index contributed by atoms with van der Waals surface area (Å²) in [4.78, 5) is 6.43. The highest BCUT2D eigenvalue weighted by Gasteiger charge is 2.37. The number of allylic oxidation sites excluding steroid dienone is 1. The molecule has 2 aliphatic rings. The van der Waals surface area contributed by atoms with Crippen LogP contribution >= 0.6 is 0 Å². The Bertz CT molecular complexity index is 876. The Balaban J connectivity index is 2.30. The normalized spacial score (nSPS) is 19.0. The summed E-state index contributed by atoms with van der Waals surface area (Å²) >= 11 is 0. The number of benzene rings is 1. The maximum absolute atomic E-state index is 14.8. The van der Waals surface area contributed by atoms with Crippen LogP contribution in [0, 0.1) is 5.82 Å². The summed E-state index contributed by atoms with van der Waals surface area (Å²) in [5, 5.41) is 9.38. The van der Waals surface area contributed by atoms with Crippen molar-refractivity contribution >= 4 is 23.1 Å². The Labute approximate surface area is 167 Å². The lowest BCUT2D eigenvalue weighted by atomic mass is 9.99. The summed E-state index contributed by atoms with van der Waals surface area (Å²) in [6.45, 7) is 10.1. The molecule has 1 fully saturated rings. The molecule has 3 rings (SSSR count). The number of hydrazone groups is 1. The fraction of sp³-hybridized carbons (Fsp3) is 0.500. The van der Waals surface area contributed by atoms with Gasteiger partial charge in [0.05, 0.1) is 11.3 Å². The van der Waals surface area contributed by atoms with Crippen molar-refractivity contribution in [2.45, 2.75) is 40.3 Å². The number of rotatable bonds is 2. The summed E-state index contributed by atoms with van der Waals surface area (Å²) in [6.07, 6.45) is -4.07. The molecule has 0 aromatic heterocycles. The van der Waals surface area contributed by atoms with Gasteiger partial charge in [-0.25, -0.2) is 9.38 Å². The number of hydrogen-bond acceptors (Lipinski definition) is 5. The number of hydrogen-bond donors (Lipinski definition) is 1. The number of nitrogens with one attached hydrogen (secondary N) is 1. The zero-order chi connectivity index (χ0) is 21.3. The van der Waals surface area contributed by atoms with Crippen molar-refractivity contribution in [2.24, 2.45) is 10.1 Å². The summed E-state index contributed by atoms with van der Waals surface area (Å²) in [5.41, 5.74) is 0.975. The van der Waals surface area contributed by atoms with Crippen LogP contribution in [0.15, 0.2) is 27.8 Å². The quantitative estimate of drug-likeness (QED) is 0.572. The zero-order valence-corrected chi connectivity index (χ0v) is 17.0. The minimum atomic E-state index is -4.65. The van der Waals surface area contributed by atoms with Crippen molar-refractivity contribution in [3.63, 3.8) is 0 Å². The SMILES string of the molecule is CCC(C)=C1c2cc(C(F)(F)F)cc(F)c2N=C(N2CCNCC2)N1N=C(C)C. The zero-order valence-electron chi connectivity index (χ0n) is 17.0. The standard InChI is InChI=1S/C20H25F4N5/c1-5-13(4)18-15-10-14(20(22,23)24)11-16(21)17(15)26-19(29(18)27-12(2)3)28-8-6-25-7-9-28/h10-11,25H,5-9H2,1-4H3. The minimum absolute atomic E-state index is 0.0745. The Morgan fingerprint density at radius 3 is 2.38 bits per heavy atom. The van der Waals surface area contributed by atoms with Gasteiger partial charge in [-0.1, -0.05) is 6.92 Å². The number of piperazine rings is 1. The molecule has 29 heavy (non-hydrogen) atoms. The van der Waals surface area contributed by atoms with Crippen LogP contribution in [-0.4, -0.2) is 47.8 Å². The molecule has 2 aliphatic heterocycles. The van der Waals surface area contributed by atoms with E-state index in [4.69, 9.17) is 0 Å². The van der Waals surface area contributed by atoms with Crippen molar-refractivity contribution in [3.8, 4) is 0 Å². The molecular weight excluding hydrogens is 386 g/mol. The lowest BCUT2D eigenvalue weighted by Crippen LogP contribution is -2.51. The second-order valence-corrected chi connectivity index (χ2v) is 7.34. The van der Waals surface area contributed by atoms with Gasteiger partial charge in [-0.2, -0.15) is 23.3 Å². The van der Waals surface area contributed by atoms with Gasteiger partial charge in [-0.3, -0.25) is 0 Å². The molecule has 158 valence electrons. The van der Waals surface area contributed by atoms with Gasteiger partial charge in [0.15, 0.2) is 0 Å². The molecule has 0 radical (unpaired) electrons. The topological polar surface area (TPSA) is 43.2 Å². The van der Waals surface area contributed by atoms with Gasteiger partial charge in [0, 0.05) is 37.5 Å². The number of guanidine groups is 1. The maximum atomic E-state index is 14.8. The highest BCUT2D eigenvalue weighted by atomic mass is 19.4. The van der Waals surface area contributed by atoms with Crippen LogP contribution in [0.4, 0.5) is 23.2 Å². The molecule has 2 heterocycles. The molecule has 0 atom stereocenters. The van der Waals surface area contributed by atoms with Gasteiger partial charge in [-0.15, -0.1) is 0 Å². The molecule has 1 N–H and O–H groups in total. The van der Waals surface area contributed by atoms with Gasteiger partial charge in [-0.05, 0) is 44.9 Å². The van der Waals surface area contributed by atoms with Crippen molar-refractivity contribution < 1.29 is 17.6 Å². The third-order valence-electron chi connectivity index (χ3n) is 4.89. The number of aliphatic imine (C=N–C) groups is 1. The van der Waals surface area contributed by atoms with E-state index in [1.54, 1.807) is 18.9 Å². The predicted octanol–water partition coefficient (Wildman–Crippen LogP) is 4.59. The van der Waals surface area contributed by atoms with E-state index in [9.17, 15) is 17.6 Å². The third-order valence-corrected chi connectivity index (χ3v) is 4.89. The molecule has 1 aromatic carbocycles. The van der Waals surface area contributed by atoms with Crippen LogP contribution in [0.1, 0.15) is 45.2 Å². The molecule has 0 bridgehead atoms. The highest BCUT2D eigenvalue weighted by molar-refractivity contribution is 5.99. The van der Waals surface area contributed by atoms with E-state index in [0.717, 1.165) is 24.7 Å². The van der Waals surface area contributed by atoms with E-state index in [1.807, 2.05) is 18.7 Å². The molecule has 1 saturated heterocycles. The fourth-order valence-electron chi connectivity index (χ4n) is 3.36. The Morgan fingerprint density at radius 1 is 1.17 bits per heavy atom. The summed E-state index contributed by atoms with van der Waals surface area (Å²) in [7, 11) is 0. The van der Waals surface area contributed by atoms with E-state index >= 15 is 0 Å². The monoisotopic (exact) mass is 411 g/mol. The van der Waals surface area contributed by atoms with Gasteiger partial charge in [0.2, 0.25) is 5.96 Å². The Kier molecular flexibility index (Phi) is 5.97. The van der Waals surface area contributed by atoms with E-state index in [-0.39, 0.29) is 11.3 Å². The molecule has 0 amide bonds. The van der Waals surface area contributed by atoms with Crippen LogP contribution in [0.25, 0.3) is 5.70 Å². The van der Waals surface area contributed by atoms with Crippen molar-refractivity contribution in [2.75, 3.05) is 26.2 Å². The summed E-state index contributed by atoms with van der Waals surface area (Å²) in [5.74, 6) is -0.553. The Morgan fingerprint density at radius 2 is 1.83 bits per heavy atom. The first kappa shape index (κ1) is 21.3. The average Bonchev–Trinajstić information content (AvgIpc) is 2.66. The van der Waals surface area contributed by atoms with Crippen LogP contribution in [-0.2, 0) is 6.18 Å². The molecule has 0 saturated carbocycles. The summed E-state index contributed by atoms with van der Waals surface area (Å²) in [6, 6.07) is 1.49. The Hall–Kier alpha value is -2.42. The third kappa shape index (κ3) is 4.29. The molecule has 5 nitrogen and oxygen atoms in total. The first-order valence-corrected chi connectivity index (χ1v) is 9.60. The van der Waals surface area contributed by atoms with Gasteiger partial charge in [0.1, 0.15) is 11.5 Å². The smallest absolute Gasteiger partial charge is 0.338 e. The van der Waals surface area contributed by atoms with Gasteiger partial charge < -0.3 is 10.2 Å². The summed E-state index contributed by atoms with van der Waals surface area (Å²) < 4.78 is 54.9. The van der Waals surface area contributed by atoms with E-state index < -0.39 is 17.6 Å². The average molecular weight is 411 g/mol. The molecular formula is C20H25F4N5. The lowest BCUT2D eigenvalue weighted by molar-refractivity contribution is -0.137. The van der Waals surface area contributed by atoms with Crippen LogP contribution in [0.5, 0.6) is 0 Å². The van der Waals surface area contributed by atoms with Crippen molar-refractivity contribution in [1.82, 2.24) is 15.2 Å². The van der Waals surface area contributed by atoms with Crippen LogP contribution in [0.3, 0.4) is 0 Å². The number of nitrogens with zero attached hydrogens (tertiary/aromatic N) is 4. The molecule has 0 spiro atoms. The number of halogens is 4. The van der Waals surface area contributed by atoms with E-state index in [1.165, 1.54) is 0 Å². The highest BCUT2D eigenvalue weighted by Crippen LogP contribution is 2.43. The van der Waals surface area contributed by atoms with Crippen molar-refractivity contribution in [1.29, 1.82) is 0 Å². The van der Waals surface area contributed by atoms with Gasteiger partial charge >= 0.3 is 6.18 Å². The number of alkyl halides is 3. The van der Waals surface area contributed by atoms with E-state index in [0.29, 0.717) is 42.9 Å². The first-order valence-electron chi connectivity index (χ1n) is 9.60. The number of fused-ring (bicyclic) bond motifs is 1. The second-order valence-electron chi connectivity index (χ2n) is 7.34. The largest absolute Gasteiger partial charge is 0.416 e. The molecule has 1 aromatic rings. The fourth-order valence-corrected chi connectivity index (χ4v) is 3.36. The second kappa shape index (κ2) is 8.14. The van der Waals surface area contributed by atoms with E-state index in [2.05, 4.69) is 15.4 Å². The van der Waals surface area contributed by atoms with Crippen LogP contribution in [0.2, 0.25) is 0 Å². The first-order chi connectivity index (χ1) is 13.6. The lowest BCUT2D eigenvalue weighted by Gasteiger charge is -2.38. The molecule has 0 unspecified atom stereocenters. The predicted molar refractivity (Wildman–Crippen MR) is 106 cm³/mol. The van der Waals surface area contributed by atoms with Gasteiger partial charge in [0.25, 0.3) is 0 Å². The molecule has 9 heteroatoms.